The normalized spacial score (nSPS) is 15.0. The van der Waals surface area contributed by atoms with Crippen molar-refractivity contribution in [3.8, 4) is 5.75 Å². The smallest absolute Gasteiger partial charge is 0.315 e. The number of urea groups is 1. The number of aliphatic hydroxyl groups is 1. The van der Waals surface area contributed by atoms with Gasteiger partial charge in [0.2, 0.25) is 0 Å². The van der Waals surface area contributed by atoms with E-state index in [9.17, 15) is 9.90 Å². The molecule has 0 heterocycles. The summed E-state index contributed by atoms with van der Waals surface area (Å²) in [5.41, 5.74) is 0.0777. The van der Waals surface area contributed by atoms with E-state index in [1.54, 1.807) is 6.92 Å². The van der Waals surface area contributed by atoms with Crippen molar-refractivity contribution in [2.75, 3.05) is 13.2 Å². The van der Waals surface area contributed by atoms with Gasteiger partial charge in [0, 0.05) is 6.54 Å². The monoisotopic (exact) mass is 308 g/mol. The third kappa shape index (κ3) is 5.56. The van der Waals surface area contributed by atoms with E-state index in [2.05, 4.69) is 10.6 Å². The first-order chi connectivity index (χ1) is 10.3. The molecule has 0 aliphatic heterocycles. The fraction of sp³-hybridized carbons (Fsp3) is 0.588. The van der Waals surface area contributed by atoms with Gasteiger partial charge < -0.3 is 20.5 Å². The minimum absolute atomic E-state index is 0.0660. The highest BCUT2D eigenvalue weighted by Gasteiger charge is 2.25. The van der Waals surface area contributed by atoms with Crippen LogP contribution in [0.1, 0.15) is 46.2 Å². The third-order valence-electron chi connectivity index (χ3n) is 3.89. The van der Waals surface area contributed by atoms with Crippen LogP contribution in [0.5, 0.6) is 5.75 Å². The number of hydrogen-bond acceptors (Lipinski definition) is 3. The molecule has 0 aliphatic carbocycles. The second kappa shape index (κ2) is 8.03. The lowest BCUT2D eigenvalue weighted by Crippen LogP contribution is -2.47. The lowest BCUT2D eigenvalue weighted by Gasteiger charge is -2.28. The Labute approximate surface area is 133 Å². The molecule has 1 rings (SSSR count). The molecule has 2 atom stereocenters. The molecule has 0 spiro atoms. The van der Waals surface area contributed by atoms with Crippen LogP contribution in [0.3, 0.4) is 0 Å². The molecule has 1 aromatic carbocycles. The fourth-order valence-corrected chi connectivity index (χ4v) is 1.81. The van der Waals surface area contributed by atoms with Gasteiger partial charge in [0.1, 0.15) is 5.75 Å². The van der Waals surface area contributed by atoms with E-state index < -0.39 is 5.60 Å². The third-order valence-corrected chi connectivity index (χ3v) is 3.89. The molecule has 0 bridgehead atoms. The standard InChI is InChI=1S/C17H28N2O3/c1-6-22-15-9-7-14(8-10-15)13(4)19-16(20)18-11-17(5,21)12(2)3/h7-10,12-13,21H,6,11H2,1-5H3,(H2,18,19,20). The minimum atomic E-state index is -0.917. The van der Waals surface area contributed by atoms with E-state index in [1.807, 2.05) is 52.0 Å². The first kappa shape index (κ1) is 18.3. The van der Waals surface area contributed by atoms with Crippen LogP contribution in [0.2, 0.25) is 0 Å². The zero-order valence-electron chi connectivity index (χ0n) is 14.1. The predicted molar refractivity (Wildman–Crippen MR) is 88.0 cm³/mol. The Hall–Kier alpha value is -1.75. The van der Waals surface area contributed by atoms with Gasteiger partial charge in [-0.3, -0.25) is 0 Å². The van der Waals surface area contributed by atoms with Gasteiger partial charge >= 0.3 is 6.03 Å². The molecule has 2 unspecified atom stereocenters. The Morgan fingerprint density at radius 3 is 2.36 bits per heavy atom. The maximum absolute atomic E-state index is 11.9. The predicted octanol–water partition coefficient (Wildman–Crippen LogP) is 2.85. The summed E-state index contributed by atoms with van der Waals surface area (Å²) in [4.78, 5) is 11.9. The quantitative estimate of drug-likeness (QED) is 0.725. The van der Waals surface area contributed by atoms with Crippen molar-refractivity contribution in [1.29, 1.82) is 0 Å². The summed E-state index contributed by atoms with van der Waals surface area (Å²) >= 11 is 0. The highest BCUT2D eigenvalue weighted by atomic mass is 16.5. The summed E-state index contributed by atoms with van der Waals surface area (Å²) in [5, 5.41) is 15.7. The Bertz CT molecular complexity index is 469. The first-order valence-corrected chi connectivity index (χ1v) is 7.75. The molecule has 1 aromatic rings. The molecule has 5 heteroatoms. The average molecular weight is 308 g/mol. The molecule has 5 nitrogen and oxygen atoms in total. The van der Waals surface area contributed by atoms with E-state index in [-0.39, 0.29) is 24.5 Å². The Morgan fingerprint density at radius 1 is 1.27 bits per heavy atom. The maximum Gasteiger partial charge on any atom is 0.315 e. The van der Waals surface area contributed by atoms with Crippen LogP contribution in [-0.2, 0) is 0 Å². The average Bonchev–Trinajstić information content (AvgIpc) is 2.46. The number of benzene rings is 1. The van der Waals surface area contributed by atoms with Crippen LogP contribution in [0.25, 0.3) is 0 Å². The van der Waals surface area contributed by atoms with Crippen LogP contribution in [0.15, 0.2) is 24.3 Å². The van der Waals surface area contributed by atoms with Crippen molar-refractivity contribution in [2.45, 2.75) is 46.3 Å². The van der Waals surface area contributed by atoms with Crippen LogP contribution >= 0.6 is 0 Å². The summed E-state index contributed by atoms with van der Waals surface area (Å²) in [6.45, 7) is 10.3. The number of carbonyl (C=O) groups is 1. The van der Waals surface area contributed by atoms with Gasteiger partial charge in [0.05, 0.1) is 18.2 Å². The molecule has 0 saturated heterocycles. The van der Waals surface area contributed by atoms with Gasteiger partial charge in [0.15, 0.2) is 0 Å². The van der Waals surface area contributed by atoms with Crippen molar-refractivity contribution in [3.63, 3.8) is 0 Å². The van der Waals surface area contributed by atoms with Crippen molar-refractivity contribution >= 4 is 6.03 Å². The van der Waals surface area contributed by atoms with Crippen LogP contribution < -0.4 is 15.4 Å². The Morgan fingerprint density at radius 2 is 1.86 bits per heavy atom. The van der Waals surface area contributed by atoms with Crippen LogP contribution in [-0.4, -0.2) is 29.9 Å². The highest BCUT2D eigenvalue weighted by Crippen LogP contribution is 2.18. The first-order valence-electron chi connectivity index (χ1n) is 7.75. The topological polar surface area (TPSA) is 70.6 Å². The summed E-state index contributed by atoms with van der Waals surface area (Å²) in [6.07, 6.45) is 0. The summed E-state index contributed by atoms with van der Waals surface area (Å²) in [5.74, 6) is 0.882. The number of rotatable bonds is 7. The number of hydrogen-bond donors (Lipinski definition) is 3. The van der Waals surface area contributed by atoms with E-state index >= 15 is 0 Å². The molecule has 0 fully saturated rings. The van der Waals surface area contributed by atoms with Crippen LogP contribution in [0, 0.1) is 5.92 Å². The second-order valence-corrected chi connectivity index (χ2v) is 6.06. The van der Waals surface area contributed by atoms with E-state index in [4.69, 9.17) is 4.74 Å². The Balaban J connectivity index is 2.50. The summed E-state index contributed by atoms with van der Waals surface area (Å²) < 4.78 is 5.39. The van der Waals surface area contributed by atoms with Crippen molar-refractivity contribution < 1.29 is 14.6 Å². The van der Waals surface area contributed by atoms with Crippen LogP contribution in [0.4, 0.5) is 4.79 Å². The molecule has 0 radical (unpaired) electrons. The fourth-order valence-electron chi connectivity index (χ4n) is 1.81. The van der Waals surface area contributed by atoms with E-state index in [0.717, 1.165) is 11.3 Å². The Kier molecular flexibility index (Phi) is 6.68. The lowest BCUT2D eigenvalue weighted by molar-refractivity contribution is 0.0165. The lowest BCUT2D eigenvalue weighted by atomic mass is 9.93. The molecular formula is C17H28N2O3. The van der Waals surface area contributed by atoms with Gasteiger partial charge in [-0.1, -0.05) is 26.0 Å². The molecule has 0 saturated carbocycles. The maximum atomic E-state index is 11.9. The van der Waals surface area contributed by atoms with Crippen molar-refractivity contribution in [1.82, 2.24) is 10.6 Å². The molecule has 0 aromatic heterocycles. The van der Waals surface area contributed by atoms with Gasteiger partial charge in [-0.2, -0.15) is 0 Å². The summed E-state index contributed by atoms with van der Waals surface area (Å²) in [7, 11) is 0. The van der Waals surface area contributed by atoms with Crippen molar-refractivity contribution in [3.05, 3.63) is 29.8 Å². The number of nitrogens with one attached hydrogen (secondary N) is 2. The van der Waals surface area contributed by atoms with Gasteiger partial charge in [-0.05, 0) is 44.4 Å². The zero-order chi connectivity index (χ0) is 16.8. The molecule has 2 amide bonds. The van der Waals surface area contributed by atoms with Gasteiger partial charge in [-0.15, -0.1) is 0 Å². The minimum Gasteiger partial charge on any atom is -0.494 e. The SMILES string of the molecule is CCOc1ccc(C(C)NC(=O)NCC(C)(O)C(C)C)cc1. The van der Waals surface area contributed by atoms with Gasteiger partial charge in [0.25, 0.3) is 0 Å². The summed E-state index contributed by atoms with van der Waals surface area (Å²) in [6, 6.07) is 7.22. The van der Waals surface area contributed by atoms with E-state index in [0.29, 0.717) is 6.61 Å². The number of amides is 2. The van der Waals surface area contributed by atoms with Gasteiger partial charge in [-0.25, -0.2) is 4.79 Å². The molecular weight excluding hydrogens is 280 g/mol. The second-order valence-electron chi connectivity index (χ2n) is 6.06. The highest BCUT2D eigenvalue weighted by molar-refractivity contribution is 5.74. The number of carbonyl (C=O) groups excluding carboxylic acids is 1. The van der Waals surface area contributed by atoms with Crippen molar-refractivity contribution in [2.24, 2.45) is 5.92 Å². The molecule has 124 valence electrons. The molecule has 22 heavy (non-hydrogen) atoms. The zero-order valence-corrected chi connectivity index (χ0v) is 14.1. The van der Waals surface area contributed by atoms with E-state index in [1.165, 1.54) is 0 Å². The molecule has 3 N–H and O–H groups in total. The number of ether oxygens (including phenoxy) is 1. The molecule has 0 aliphatic rings. The largest absolute Gasteiger partial charge is 0.494 e.